The topological polar surface area (TPSA) is 125 Å². The third-order valence-corrected chi connectivity index (χ3v) is 8.18. The molecule has 16 heteroatoms. The molecular weight excluding hydrogens is 518 g/mol. The number of halogens is 6. The van der Waals surface area contributed by atoms with Crippen molar-refractivity contribution in [1.82, 2.24) is 0 Å². The fourth-order valence-corrected chi connectivity index (χ4v) is 6.19. The van der Waals surface area contributed by atoms with Crippen LogP contribution in [0.4, 0.5) is 26.3 Å². The van der Waals surface area contributed by atoms with E-state index in [1.54, 1.807) is 0 Å². The van der Waals surface area contributed by atoms with Gasteiger partial charge in [-0.15, -0.1) is 0 Å². The highest BCUT2D eigenvalue weighted by Crippen LogP contribution is 2.66. The summed E-state index contributed by atoms with van der Waals surface area (Å²) >= 11 is 0. The van der Waals surface area contributed by atoms with E-state index in [4.69, 9.17) is 18.8 Å². The molecular formula is C19H22F6O9S. The third-order valence-electron chi connectivity index (χ3n) is 7.36. The Hall–Kier alpha value is -1.65. The van der Waals surface area contributed by atoms with E-state index in [2.05, 4.69) is 4.74 Å². The van der Waals surface area contributed by atoms with E-state index in [9.17, 15) is 44.3 Å². The van der Waals surface area contributed by atoms with Crippen LogP contribution < -0.4 is 0 Å². The molecule has 0 aromatic heterocycles. The molecule has 0 aromatic rings. The number of alkyl halides is 6. The summed E-state index contributed by atoms with van der Waals surface area (Å²) in [6.45, 7) is -4.70. The van der Waals surface area contributed by atoms with Gasteiger partial charge >= 0.3 is 39.2 Å². The van der Waals surface area contributed by atoms with Crippen molar-refractivity contribution in [2.45, 2.75) is 55.0 Å². The Bertz CT molecular complexity index is 965. The van der Waals surface area contributed by atoms with Crippen molar-refractivity contribution in [3.63, 3.8) is 0 Å². The zero-order chi connectivity index (χ0) is 26.1. The molecule has 4 aliphatic carbocycles. The van der Waals surface area contributed by atoms with Gasteiger partial charge in [0.2, 0.25) is 0 Å². The lowest BCUT2D eigenvalue weighted by Crippen LogP contribution is -2.65. The highest BCUT2D eigenvalue weighted by atomic mass is 32.2. The third kappa shape index (κ3) is 4.19. The SMILES string of the molecule is O=C(OCCOC(=O)C(F)(F)S(=O)(=O)O)C12CC3CC(C1)C1(OCC(F)(F)C(F)(F)CO1)C(C3)C2. The predicted octanol–water partition coefficient (Wildman–Crippen LogP) is 2.39. The molecule has 5 fully saturated rings. The monoisotopic (exact) mass is 540 g/mol. The molecule has 200 valence electrons. The van der Waals surface area contributed by atoms with E-state index in [0.717, 1.165) is 0 Å². The average molecular weight is 540 g/mol. The van der Waals surface area contributed by atoms with E-state index in [1.165, 1.54) is 0 Å². The number of hydrogen-bond acceptors (Lipinski definition) is 8. The van der Waals surface area contributed by atoms with Crippen LogP contribution in [0.1, 0.15) is 32.1 Å². The predicted molar refractivity (Wildman–Crippen MR) is 98.9 cm³/mol. The first-order chi connectivity index (χ1) is 16.0. The lowest BCUT2D eigenvalue weighted by Gasteiger charge is -2.62. The van der Waals surface area contributed by atoms with Gasteiger partial charge in [-0.25, -0.2) is 4.79 Å². The zero-order valence-electron chi connectivity index (χ0n) is 18.0. The van der Waals surface area contributed by atoms with E-state index < -0.39 is 88.6 Å². The molecule has 4 saturated carbocycles. The molecule has 0 radical (unpaired) electrons. The van der Waals surface area contributed by atoms with Crippen molar-refractivity contribution in [2.24, 2.45) is 23.2 Å². The number of esters is 2. The molecule has 0 amide bonds. The standard InChI is InChI=1S/C19H22F6O9S/c20-16(21)8-33-18(34-9-17(16,22)23)11-3-10-4-12(18)7-15(5-10,6-11)13(26)31-1-2-32-14(27)19(24,25)35(28,29)30/h10-12H,1-9H2,(H,28,29,30). The zero-order valence-corrected chi connectivity index (χ0v) is 18.8. The number of carbonyl (C=O) groups is 2. The van der Waals surface area contributed by atoms with Crippen molar-refractivity contribution in [3.8, 4) is 0 Å². The van der Waals surface area contributed by atoms with Gasteiger partial charge < -0.3 is 18.9 Å². The van der Waals surface area contributed by atoms with Crippen LogP contribution in [0.15, 0.2) is 0 Å². The van der Waals surface area contributed by atoms with Crippen LogP contribution in [0.3, 0.4) is 0 Å². The molecule has 1 saturated heterocycles. The first-order valence-corrected chi connectivity index (χ1v) is 12.1. The molecule has 2 unspecified atom stereocenters. The quantitative estimate of drug-likeness (QED) is 0.234. The molecule has 1 aliphatic heterocycles. The van der Waals surface area contributed by atoms with Crippen LogP contribution in [0.25, 0.3) is 0 Å². The van der Waals surface area contributed by atoms with Gasteiger partial charge in [-0.05, 0) is 38.0 Å². The minimum Gasteiger partial charge on any atom is -0.462 e. The Morgan fingerprint density at radius 2 is 1.40 bits per heavy atom. The van der Waals surface area contributed by atoms with Gasteiger partial charge in [-0.1, -0.05) is 0 Å². The van der Waals surface area contributed by atoms with Crippen LogP contribution in [-0.2, 0) is 38.7 Å². The Morgan fingerprint density at radius 1 is 0.914 bits per heavy atom. The van der Waals surface area contributed by atoms with Crippen LogP contribution in [0, 0.1) is 23.2 Å². The first kappa shape index (κ1) is 26.4. The summed E-state index contributed by atoms with van der Waals surface area (Å²) in [5.74, 6) is -15.2. The second-order valence-electron chi connectivity index (χ2n) is 9.60. The lowest BCUT2D eigenvalue weighted by molar-refractivity contribution is -0.346. The highest BCUT2D eigenvalue weighted by Gasteiger charge is 2.70. The van der Waals surface area contributed by atoms with Crippen LogP contribution in [-0.4, -0.2) is 74.2 Å². The molecule has 1 spiro atoms. The van der Waals surface area contributed by atoms with Gasteiger partial charge in [0.15, 0.2) is 5.79 Å². The Labute approximate surface area is 195 Å². The first-order valence-electron chi connectivity index (χ1n) is 10.7. The maximum Gasteiger partial charge on any atom is 0.465 e. The Kier molecular flexibility index (Phi) is 6.17. The summed E-state index contributed by atoms with van der Waals surface area (Å²) in [4.78, 5) is 24.1. The van der Waals surface area contributed by atoms with Crippen LogP contribution in [0.2, 0.25) is 0 Å². The minimum atomic E-state index is -6.05. The van der Waals surface area contributed by atoms with Crippen LogP contribution >= 0.6 is 0 Å². The molecule has 5 aliphatic rings. The van der Waals surface area contributed by atoms with Gasteiger partial charge in [0.05, 0.1) is 5.41 Å². The van der Waals surface area contributed by atoms with Crippen molar-refractivity contribution in [3.05, 3.63) is 0 Å². The van der Waals surface area contributed by atoms with Crippen molar-refractivity contribution < 1.29 is 67.8 Å². The average Bonchev–Trinajstić information content (AvgIpc) is 2.83. The summed E-state index contributed by atoms with van der Waals surface area (Å²) in [5.41, 5.74) is -1.12. The van der Waals surface area contributed by atoms with Gasteiger partial charge in [0.25, 0.3) is 0 Å². The summed E-state index contributed by atoms with van der Waals surface area (Å²) in [6.07, 6.45) is 1.25. The highest BCUT2D eigenvalue weighted by molar-refractivity contribution is 7.87. The van der Waals surface area contributed by atoms with E-state index >= 15 is 0 Å². The maximum absolute atomic E-state index is 13.9. The fraction of sp³-hybridized carbons (Fsp3) is 0.895. The van der Waals surface area contributed by atoms with Gasteiger partial charge in [-0.2, -0.15) is 34.8 Å². The number of rotatable bonds is 6. The normalized spacial score (nSPS) is 34.9. The van der Waals surface area contributed by atoms with Gasteiger partial charge in [0.1, 0.15) is 26.4 Å². The molecule has 2 atom stereocenters. The second-order valence-corrected chi connectivity index (χ2v) is 11.1. The largest absolute Gasteiger partial charge is 0.465 e. The number of ether oxygens (including phenoxy) is 4. The lowest BCUT2D eigenvalue weighted by atomic mass is 9.47. The van der Waals surface area contributed by atoms with Gasteiger partial charge in [0, 0.05) is 11.8 Å². The molecule has 9 nitrogen and oxygen atoms in total. The van der Waals surface area contributed by atoms with Crippen LogP contribution in [0.5, 0.6) is 0 Å². The Morgan fingerprint density at radius 3 is 1.89 bits per heavy atom. The Balaban J connectivity index is 1.39. The maximum atomic E-state index is 13.9. The van der Waals surface area contributed by atoms with Crippen molar-refractivity contribution in [2.75, 3.05) is 26.4 Å². The van der Waals surface area contributed by atoms with Gasteiger partial charge in [-0.3, -0.25) is 9.35 Å². The summed E-state index contributed by atoms with van der Waals surface area (Å²) in [5, 5.41) is -5.20. The molecule has 4 bridgehead atoms. The number of carbonyl (C=O) groups excluding carboxylic acids is 2. The smallest absolute Gasteiger partial charge is 0.462 e. The van der Waals surface area contributed by atoms with Crippen molar-refractivity contribution in [1.29, 1.82) is 0 Å². The van der Waals surface area contributed by atoms with E-state index in [1.807, 2.05) is 0 Å². The molecule has 35 heavy (non-hydrogen) atoms. The molecule has 1 heterocycles. The van der Waals surface area contributed by atoms with Crippen molar-refractivity contribution >= 4 is 22.1 Å². The molecule has 0 aromatic carbocycles. The fourth-order valence-electron chi connectivity index (χ4n) is 5.92. The number of hydrogen-bond donors (Lipinski definition) is 1. The molecule has 1 N–H and O–H groups in total. The minimum absolute atomic E-state index is 0.0383. The van der Waals surface area contributed by atoms with E-state index in [-0.39, 0.29) is 18.8 Å². The summed E-state index contributed by atoms with van der Waals surface area (Å²) in [6, 6.07) is 0. The summed E-state index contributed by atoms with van der Waals surface area (Å²) in [7, 11) is -6.05. The molecule has 5 rings (SSSR count). The second kappa shape index (κ2) is 8.18. The summed E-state index contributed by atoms with van der Waals surface area (Å²) < 4.78 is 131. The van der Waals surface area contributed by atoms with E-state index in [0.29, 0.717) is 19.3 Å².